The molecule has 1 N–H and O–H groups in total. The molecule has 2 aromatic rings. The Hall–Kier alpha value is -2.66. The standard InChI is InChI=1S/C20H23NO4/c1-4-20(25-3,17-8-6-5-7-9-17)14-21-18(22)15-10-12-16(13-11-15)19(23)24-2/h5-13H,4,14H2,1-3H3,(H,21,22)/t20-/m0/s1. The molecule has 0 unspecified atom stereocenters. The van der Waals surface area contributed by atoms with Crippen LogP contribution in [-0.4, -0.2) is 32.6 Å². The highest BCUT2D eigenvalue weighted by atomic mass is 16.5. The molecule has 5 nitrogen and oxygen atoms in total. The minimum Gasteiger partial charge on any atom is -0.465 e. The van der Waals surface area contributed by atoms with E-state index < -0.39 is 11.6 Å². The molecule has 0 aromatic heterocycles. The second-order valence-electron chi connectivity index (χ2n) is 5.67. The molecule has 132 valence electrons. The minimum absolute atomic E-state index is 0.220. The van der Waals surface area contributed by atoms with Crippen molar-refractivity contribution in [2.75, 3.05) is 20.8 Å². The van der Waals surface area contributed by atoms with E-state index in [-0.39, 0.29) is 5.91 Å². The van der Waals surface area contributed by atoms with Crippen LogP contribution in [0.25, 0.3) is 0 Å². The van der Waals surface area contributed by atoms with Crippen molar-refractivity contribution in [2.24, 2.45) is 0 Å². The Labute approximate surface area is 148 Å². The fraction of sp³-hybridized carbons (Fsp3) is 0.300. The van der Waals surface area contributed by atoms with Crippen molar-refractivity contribution in [1.82, 2.24) is 5.32 Å². The second kappa shape index (κ2) is 8.44. The maximum atomic E-state index is 12.4. The van der Waals surface area contributed by atoms with Gasteiger partial charge in [-0.25, -0.2) is 4.79 Å². The number of amides is 1. The number of nitrogens with one attached hydrogen (secondary N) is 1. The second-order valence-corrected chi connectivity index (χ2v) is 5.67. The summed E-state index contributed by atoms with van der Waals surface area (Å²) in [7, 11) is 2.97. The van der Waals surface area contributed by atoms with Crippen molar-refractivity contribution < 1.29 is 19.1 Å². The average molecular weight is 341 g/mol. The summed E-state index contributed by atoms with van der Waals surface area (Å²) in [6.07, 6.45) is 0.717. The fourth-order valence-electron chi connectivity index (χ4n) is 2.71. The zero-order chi connectivity index (χ0) is 18.3. The smallest absolute Gasteiger partial charge is 0.337 e. The van der Waals surface area contributed by atoms with Gasteiger partial charge in [-0.1, -0.05) is 37.3 Å². The lowest BCUT2D eigenvalue weighted by atomic mass is 9.90. The maximum absolute atomic E-state index is 12.4. The molecule has 2 aromatic carbocycles. The Bertz CT molecular complexity index is 706. The highest BCUT2D eigenvalue weighted by Gasteiger charge is 2.30. The molecule has 0 radical (unpaired) electrons. The van der Waals surface area contributed by atoms with Crippen LogP contribution < -0.4 is 5.32 Å². The first-order valence-corrected chi connectivity index (χ1v) is 8.13. The van der Waals surface area contributed by atoms with Crippen molar-refractivity contribution in [2.45, 2.75) is 18.9 Å². The molecule has 2 rings (SSSR count). The number of hydrogen-bond acceptors (Lipinski definition) is 4. The van der Waals surface area contributed by atoms with E-state index >= 15 is 0 Å². The number of carbonyl (C=O) groups excluding carboxylic acids is 2. The van der Waals surface area contributed by atoms with Gasteiger partial charge in [0.15, 0.2) is 0 Å². The Balaban J connectivity index is 2.10. The van der Waals surface area contributed by atoms with E-state index in [4.69, 9.17) is 4.74 Å². The van der Waals surface area contributed by atoms with Crippen LogP contribution in [0.5, 0.6) is 0 Å². The van der Waals surface area contributed by atoms with Gasteiger partial charge in [0, 0.05) is 12.7 Å². The van der Waals surface area contributed by atoms with Crippen LogP contribution in [-0.2, 0) is 15.1 Å². The molecular weight excluding hydrogens is 318 g/mol. The molecule has 0 aliphatic rings. The summed E-state index contributed by atoms with van der Waals surface area (Å²) in [5.41, 5.74) is 1.31. The first-order chi connectivity index (χ1) is 12.1. The van der Waals surface area contributed by atoms with Crippen molar-refractivity contribution in [1.29, 1.82) is 0 Å². The van der Waals surface area contributed by atoms with E-state index in [0.29, 0.717) is 17.7 Å². The van der Waals surface area contributed by atoms with E-state index in [2.05, 4.69) is 10.1 Å². The molecule has 0 aliphatic heterocycles. The Morgan fingerprint density at radius 3 is 2.08 bits per heavy atom. The molecule has 25 heavy (non-hydrogen) atoms. The number of ether oxygens (including phenoxy) is 2. The van der Waals surface area contributed by atoms with E-state index in [1.165, 1.54) is 7.11 Å². The summed E-state index contributed by atoms with van der Waals surface area (Å²) >= 11 is 0. The van der Waals surface area contributed by atoms with Crippen LogP contribution >= 0.6 is 0 Å². The molecule has 0 aliphatic carbocycles. The number of methoxy groups -OCH3 is 2. The van der Waals surface area contributed by atoms with Gasteiger partial charge in [0.2, 0.25) is 0 Å². The summed E-state index contributed by atoms with van der Waals surface area (Å²) in [6.45, 7) is 2.37. The lowest BCUT2D eigenvalue weighted by Gasteiger charge is -2.32. The number of hydrogen-bond donors (Lipinski definition) is 1. The lowest BCUT2D eigenvalue weighted by Crippen LogP contribution is -2.41. The summed E-state index contributed by atoms with van der Waals surface area (Å²) in [5.74, 6) is -0.650. The van der Waals surface area contributed by atoms with Gasteiger partial charge < -0.3 is 14.8 Å². The van der Waals surface area contributed by atoms with Gasteiger partial charge in [0.05, 0.1) is 19.2 Å². The molecular formula is C20H23NO4. The van der Waals surface area contributed by atoms with Crippen LogP contribution in [0.15, 0.2) is 54.6 Å². The Kier molecular flexibility index (Phi) is 6.31. The molecule has 0 saturated carbocycles. The van der Waals surface area contributed by atoms with Gasteiger partial charge in [0.1, 0.15) is 5.60 Å². The van der Waals surface area contributed by atoms with Crippen LogP contribution in [0.3, 0.4) is 0 Å². The SMILES string of the molecule is CC[C@@](CNC(=O)c1ccc(C(=O)OC)cc1)(OC)c1ccccc1. The molecule has 0 bridgehead atoms. The number of esters is 1. The third-order valence-electron chi connectivity index (χ3n) is 4.36. The van der Waals surface area contributed by atoms with Gasteiger partial charge in [-0.15, -0.1) is 0 Å². The summed E-state index contributed by atoms with van der Waals surface area (Å²) in [6, 6.07) is 16.2. The highest BCUT2D eigenvalue weighted by molar-refractivity contribution is 5.96. The van der Waals surface area contributed by atoms with Gasteiger partial charge >= 0.3 is 5.97 Å². The third kappa shape index (κ3) is 4.25. The zero-order valence-corrected chi connectivity index (χ0v) is 14.7. The fourth-order valence-corrected chi connectivity index (χ4v) is 2.71. The predicted octanol–water partition coefficient (Wildman–Crippen LogP) is 3.15. The van der Waals surface area contributed by atoms with E-state index in [0.717, 1.165) is 12.0 Å². The van der Waals surface area contributed by atoms with E-state index in [1.807, 2.05) is 37.3 Å². The van der Waals surface area contributed by atoms with Crippen LogP contribution in [0, 0.1) is 0 Å². The third-order valence-corrected chi connectivity index (χ3v) is 4.36. The van der Waals surface area contributed by atoms with Crippen LogP contribution in [0.4, 0.5) is 0 Å². The Morgan fingerprint density at radius 2 is 1.56 bits per heavy atom. The monoisotopic (exact) mass is 341 g/mol. The molecule has 1 amide bonds. The molecule has 0 heterocycles. The first kappa shape index (κ1) is 18.7. The predicted molar refractivity (Wildman–Crippen MR) is 95.5 cm³/mol. The quantitative estimate of drug-likeness (QED) is 0.786. The van der Waals surface area contributed by atoms with Crippen molar-refractivity contribution in [3.8, 4) is 0 Å². The van der Waals surface area contributed by atoms with Gasteiger partial charge in [-0.2, -0.15) is 0 Å². The van der Waals surface area contributed by atoms with Crippen molar-refractivity contribution in [3.05, 3.63) is 71.3 Å². The number of rotatable bonds is 7. The number of carbonyl (C=O) groups is 2. The van der Waals surface area contributed by atoms with E-state index in [1.54, 1.807) is 31.4 Å². The zero-order valence-electron chi connectivity index (χ0n) is 14.7. The largest absolute Gasteiger partial charge is 0.465 e. The first-order valence-electron chi connectivity index (χ1n) is 8.13. The number of benzene rings is 2. The normalized spacial score (nSPS) is 12.9. The summed E-state index contributed by atoms with van der Waals surface area (Å²) < 4.78 is 10.4. The van der Waals surface area contributed by atoms with Crippen molar-refractivity contribution >= 4 is 11.9 Å². The van der Waals surface area contributed by atoms with Gasteiger partial charge in [0.25, 0.3) is 5.91 Å². The van der Waals surface area contributed by atoms with Crippen LogP contribution in [0.2, 0.25) is 0 Å². The molecule has 0 saturated heterocycles. The maximum Gasteiger partial charge on any atom is 0.337 e. The molecule has 5 heteroatoms. The molecule has 1 atom stereocenters. The van der Waals surface area contributed by atoms with Gasteiger partial charge in [-0.05, 0) is 36.2 Å². The highest BCUT2D eigenvalue weighted by Crippen LogP contribution is 2.28. The molecule has 0 fully saturated rings. The Morgan fingerprint density at radius 1 is 0.960 bits per heavy atom. The van der Waals surface area contributed by atoms with E-state index in [9.17, 15) is 9.59 Å². The summed E-state index contributed by atoms with van der Waals surface area (Å²) in [5, 5.41) is 2.92. The minimum atomic E-state index is -0.580. The van der Waals surface area contributed by atoms with Gasteiger partial charge in [-0.3, -0.25) is 4.79 Å². The molecule has 0 spiro atoms. The lowest BCUT2D eigenvalue weighted by molar-refractivity contribution is -0.0164. The van der Waals surface area contributed by atoms with Crippen molar-refractivity contribution in [3.63, 3.8) is 0 Å². The van der Waals surface area contributed by atoms with Crippen LogP contribution in [0.1, 0.15) is 39.6 Å². The average Bonchev–Trinajstić information content (AvgIpc) is 2.69. The summed E-state index contributed by atoms with van der Waals surface area (Å²) in [4.78, 5) is 23.9. The topological polar surface area (TPSA) is 64.6 Å².